The molecule has 118 valence electrons. The van der Waals surface area contributed by atoms with E-state index in [0.717, 1.165) is 5.56 Å². The van der Waals surface area contributed by atoms with Crippen LogP contribution >= 0.6 is 11.6 Å². The monoisotopic (exact) mass is 329 g/mol. The zero-order chi connectivity index (χ0) is 16.4. The number of hydrogen-bond acceptors (Lipinski definition) is 3. The smallest absolute Gasteiger partial charge is 0.414 e. The fourth-order valence-corrected chi connectivity index (χ4v) is 3.21. The largest absolute Gasteiger partial charge is 0.449 e. The predicted octanol–water partition coefficient (Wildman–Crippen LogP) is 4.19. The van der Waals surface area contributed by atoms with Crippen molar-refractivity contribution >= 4 is 29.2 Å². The molecule has 0 fully saturated rings. The number of anilines is 1. The van der Waals surface area contributed by atoms with Gasteiger partial charge in [0, 0.05) is 5.56 Å². The van der Waals surface area contributed by atoms with Crippen molar-refractivity contribution < 1.29 is 14.3 Å². The Morgan fingerprint density at radius 2 is 1.78 bits per heavy atom. The van der Waals surface area contributed by atoms with Crippen LogP contribution in [-0.2, 0) is 4.74 Å². The summed E-state index contributed by atoms with van der Waals surface area (Å²) in [5, 5.41) is -0.864. The van der Waals surface area contributed by atoms with Crippen LogP contribution in [-0.4, -0.2) is 23.9 Å². The first kappa shape index (κ1) is 15.6. The van der Waals surface area contributed by atoms with E-state index in [-0.39, 0.29) is 12.4 Å². The molecule has 1 amide bonds. The van der Waals surface area contributed by atoms with E-state index in [2.05, 4.69) is 0 Å². The van der Waals surface area contributed by atoms with Gasteiger partial charge in [-0.05, 0) is 24.6 Å². The third-order valence-corrected chi connectivity index (χ3v) is 4.28. The maximum absolute atomic E-state index is 12.6. The molecule has 0 saturated carbocycles. The minimum absolute atomic E-state index is 0.184. The minimum atomic E-state index is -0.864. The van der Waals surface area contributed by atoms with Crippen molar-refractivity contribution in [3.8, 4) is 0 Å². The molecule has 0 bridgehead atoms. The number of halogens is 1. The molecule has 23 heavy (non-hydrogen) atoms. The predicted molar refractivity (Wildman–Crippen MR) is 89.1 cm³/mol. The molecule has 1 heterocycles. The van der Waals surface area contributed by atoms with Gasteiger partial charge in [0.15, 0.2) is 5.78 Å². The lowest BCUT2D eigenvalue weighted by Gasteiger charge is -2.38. The number of hydrogen-bond donors (Lipinski definition) is 0. The Morgan fingerprint density at radius 1 is 1.13 bits per heavy atom. The second kappa shape index (κ2) is 6.42. The van der Waals surface area contributed by atoms with Crippen LogP contribution in [0.3, 0.4) is 0 Å². The molecule has 0 N–H and O–H groups in total. The van der Waals surface area contributed by atoms with E-state index in [0.29, 0.717) is 11.3 Å². The normalized spacial score (nSPS) is 20.1. The molecule has 5 heteroatoms. The summed E-state index contributed by atoms with van der Waals surface area (Å²) in [4.78, 5) is 26.6. The lowest BCUT2D eigenvalue weighted by molar-refractivity contribution is 0.0967. The topological polar surface area (TPSA) is 46.6 Å². The lowest BCUT2D eigenvalue weighted by atomic mass is 9.90. The molecule has 1 aliphatic heterocycles. The van der Waals surface area contributed by atoms with Crippen molar-refractivity contribution in [3.63, 3.8) is 0 Å². The van der Waals surface area contributed by atoms with Gasteiger partial charge in [-0.15, -0.1) is 11.6 Å². The van der Waals surface area contributed by atoms with Crippen molar-refractivity contribution in [3.05, 3.63) is 65.7 Å². The molecule has 1 aliphatic rings. The number of benzene rings is 2. The molecular weight excluding hydrogens is 314 g/mol. The Kier molecular flexibility index (Phi) is 4.35. The Labute approximate surface area is 139 Å². The summed E-state index contributed by atoms with van der Waals surface area (Å²) in [6, 6.07) is 15.7. The van der Waals surface area contributed by atoms with Crippen LogP contribution in [0.1, 0.15) is 28.9 Å². The van der Waals surface area contributed by atoms with E-state index in [9.17, 15) is 9.59 Å². The Bertz CT molecular complexity index is 732. The number of rotatable bonds is 2. The highest BCUT2D eigenvalue weighted by Gasteiger charge is 2.43. The molecule has 2 atom stereocenters. The van der Waals surface area contributed by atoms with Crippen molar-refractivity contribution in [2.45, 2.75) is 18.3 Å². The maximum atomic E-state index is 12.6. The van der Waals surface area contributed by atoms with Crippen LogP contribution in [0.25, 0.3) is 0 Å². The van der Waals surface area contributed by atoms with Crippen LogP contribution in [0.5, 0.6) is 0 Å². The highest BCUT2D eigenvalue weighted by atomic mass is 35.5. The second-order valence-electron chi connectivity index (χ2n) is 5.21. The first-order valence-electron chi connectivity index (χ1n) is 7.43. The average Bonchev–Trinajstić information content (AvgIpc) is 2.58. The van der Waals surface area contributed by atoms with Crippen molar-refractivity contribution in [1.29, 1.82) is 0 Å². The fraction of sp³-hybridized carbons (Fsp3) is 0.222. The van der Waals surface area contributed by atoms with E-state index in [1.165, 1.54) is 4.90 Å². The number of carbonyl (C=O) groups is 2. The second-order valence-corrected chi connectivity index (χ2v) is 5.68. The number of ether oxygens (including phenoxy) is 1. The van der Waals surface area contributed by atoms with Crippen LogP contribution in [0.2, 0.25) is 0 Å². The number of carbonyl (C=O) groups excluding carboxylic acids is 2. The molecule has 0 radical (unpaired) electrons. The van der Waals surface area contributed by atoms with Gasteiger partial charge in [-0.2, -0.15) is 0 Å². The average molecular weight is 330 g/mol. The summed E-state index contributed by atoms with van der Waals surface area (Å²) in [5.41, 5.74) is 1.76. The Hall–Kier alpha value is -2.33. The quantitative estimate of drug-likeness (QED) is 0.776. The number of Topliss-reactive ketones (excluding diaryl/α,β-unsaturated/α-hetero) is 1. The van der Waals surface area contributed by atoms with Gasteiger partial charge in [-0.25, -0.2) is 4.79 Å². The van der Waals surface area contributed by atoms with Gasteiger partial charge in [-0.1, -0.05) is 42.5 Å². The number of alkyl halides is 1. The van der Waals surface area contributed by atoms with E-state index in [1.54, 1.807) is 31.2 Å². The van der Waals surface area contributed by atoms with Gasteiger partial charge in [-0.3, -0.25) is 9.69 Å². The number of nitrogens with zero attached hydrogens (tertiary/aromatic N) is 1. The van der Waals surface area contributed by atoms with Gasteiger partial charge in [0.05, 0.1) is 18.3 Å². The Morgan fingerprint density at radius 3 is 2.48 bits per heavy atom. The van der Waals surface area contributed by atoms with Crippen molar-refractivity contribution in [2.75, 3.05) is 11.5 Å². The summed E-state index contributed by atoms with van der Waals surface area (Å²) in [5.74, 6) is -0.184. The molecule has 0 unspecified atom stereocenters. The maximum Gasteiger partial charge on any atom is 0.414 e. The first-order chi connectivity index (χ1) is 11.1. The summed E-state index contributed by atoms with van der Waals surface area (Å²) in [7, 11) is 0. The molecule has 0 saturated heterocycles. The zero-order valence-electron chi connectivity index (χ0n) is 12.6. The lowest BCUT2D eigenvalue weighted by Crippen LogP contribution is -2.46. The van der Waals surface area contributed by atoms with Crippen molar-refractivity contribution in [1.82, 2.24) is 0 Å². The number of amides is 1. The molecule has 4 nitrogen and oxygen atoms in total. The van der Waals surface area contributed by atoms with Gasteiger partial charge in [0.1, 0.15) is 5.38 Å². The Balaban J connectivity index is 2.16. The van der Waals surface area contributed by atoms with E-state index in [1.807, 2.05) is 30.3 Å². The first-order valence-corrected chi connectivity index (χ1v) is 7.87. The molecule has 2 aromatic rings. The number of para-hydroxylation sites is 1. The minimum Gasteiger partial charge on any atom is -0.449 e. The SMILES string of the molecule is CCOC(=O)N1c2ccccc2C(=O)[C@H](Cl)[C@H]1c1ccccc1. The van der Waals surface area contributed by atoms with E-state index < -0.39 is 17.5 Å². The highest BCUT2D eigenvalue weighted by Crippen LogP contribution is 2.41. The third kappa shape index (κ3) is 2.70. The molecule has 0 spiro atoms. The molecule has 3 rings (SSSR count). The van der Waals surface area contributed by atoms with Gasteiger partial charge in [0.2, 0.25) is 0 Å². The summed E-state index contributed by atoms with van der Waals surface area (Å²) >= 11 is 6.44. The number of fused-ring (bicyclic) bond motifs is 1. The van der Waals surface area contributed by atoms with Crippen LogP contribution in [0.4, 0.5) is 10.5 Å². The number of ketones is 1. The molecule has 0 aromatic heterocycles. The summed E-state index contributed by atoms with van der Waals surface area (Å²) in [6.45, 7) is 1.99. The van der Waals surface area contributed by atoms with Crippen molar-refractivity contribution in [2.24, 2.45) is 0 Å². The van der Waals surface area contributed by atoms with Gasteiger partial charge in [0.25, 0.3) is 0 Å². The zero-order valence-corrected chi connectivity index (χ0v) is 13.4. The summed E-state index contributed by atoms with van der Waals surface area (Å²) in [6.07, 6.45) is -0.507. The van der Waals surface area contributed by atoms with E-state index >= 15 is 0 Å². The van der Waals surface area contributed by atoms with Crippen LogP contribution in [0, 0.1) is 0 Å². The van der Waals surface area contributed by atoms with Gasteiger partial charge >= 0.3 is 6.09 Å². The standard InChI is InChI=1S/C18H16ClNO3/c1-2-23-18(22)20-14-11-7-6-10-13(14)17(21)15(19)16(20)12-8-4-3-5-9-12/h3-11,15-16H,2H2,1H3/t15-,16-/m1/s1. The van der Waals surface area contributed by atoms with Crippen LogP contribution in [0.15, 0.2) is 54.6 Å². The fourth-order valence-electron chi connectivity index (χ4n) is 2.84. The van der Waals surface area contributed by atoms with Gasteiger partial charge < -0.3 is 4.74 Å². The molecule has 2 aromatic carbocycles. The highest BCUT2D eigenvalue weighted by molar-refractivity contribution is 6.36. The molecule has 0 aliphatic carbocycles. The molecular formula is C18H16ClNO3. The summed E-state index contributed by atoms with van der Waals surface area (Å²) < 4.78 is 5.19. The van der Waals surface area contributed by atoms with Crippen LogP contribution < -0.4 is 4.90 Å². The third-order valence-electron chi connectivity index (χ3n) is 3.84. The van der Waals surface area contributed by atoms with E-state index in [4.69, 9.17) is 16.3 Å².